The molecular formula is C11H12FNO2S2. The van der Waals surface area contributed by atoms with Gasteiger partial charge in [0.25, 0.3) is 0 Å². The molecule has 2 rings (SSSR count). The van der Waals surface area contributed by atoms with E-state index in [1.54, 1.807) is 6.07 Å². The maximum atomic E-state index is 13.0. The van der Waals surface area contributed by atoms with Crippen LogP contribution in [0.25, 0.3) is 10.2 Å². The zero-order valence-electron chi connectivity index (χ0n) is 9.31. The lowest BCUT2D eigenvalue weighted by Gasteiger charge is -1.98. The maximum absolute atomic E-state index is 13.0. The van der Waals surface area contributed by atoms with Gasteiger partial charge in [-0.25, -0.2) is 9.37 Å². The molecule has 0 radical (unpaired) electrons. The third-order valence-corrected chi connectivity index (χ3v) is 4.80. The molecule has 2 aromatic rings. The van der Waals surface area contributed by atoms with Crippen molar-refractivity contribution in [3.8, 4) is 0 Å². The minimum Gasteiger partial charge on any atom is -0.381 e. The highest BCUT2D eigenvalue weighted by Crippen LogP contribution is 2.24. The van der Waals surface area contributed by atoms with Crippen molar-refractivity contribution in [1.29, 1.82) is 0 Å². The molecule has 1 aromatic heterocycles. The van der Waals surface area contributed by atoms with Crippen LogP contribution in [0.1, 0.15) is 6.92 Å². The van der Waals surface area contributed by atoms with Crippen molar-refractivity contribution in [2.75, 3.05) is 19.0 Å². The summed E-state index contributed by atoms with van der Waals surface area (Å²) in [5.74, 6) is 0.102. The molecule has 1 heterocycles. The number of ether oxygens (including phenoxy) is 1. The standard InChI is InChI=1S/C11H12FNO2S2/c1-2-15-5-6-17(14)11-13-9-7-8(12)3-4-10(9)16-11/h3-4,7H,2,5-6H2,1H3. The van der Waals surface area contributed by atoms with Crippen molar-refractivity contribution in [2.24, 2.45) is 0 Å². The van der Waals surface area contributed by atoms with Crippen LogP contribution in [0.15, 0.2) is 22.5 Å². The summed E-state index contributed by atoms with van der Waals surface area (Å²) >= 11 is 1.34. The van der Waals surface area contributed by atoms with E-state index >= 15 is 0 Å². The van der Waals surface area contributed by atoms with Gasteiger partial charge in [0.2, 0.25) is 0 Å². The number of nitrogens with zero attached hydrogens (tertiary/aromatic N) is 1. The van der Waals surface area contributed by atoms with Crippen molar-refractivity contribution >= 4 is 32.4 Å². The van der Waals surface area contributed by atoms with E-state index < -0.39 is 10.8 Å². The fourth-order valence-corrected chi connectivity index (χ4v) is 3.56. The molecule has 1 aromatic carbocycles. The van der Waals surface area contributed by atoms with Crippen LogP contribution in [-0.2, 0) is 15.5 Å². The van der Waals surface area contributed by atoms with Crippen LogP contribution in [0.4, 0.5) is 4.39 Å². The van der Waals surface area contributed by atoms with Crippen LogP contribution in [0.2, 0.25) is 0 Å². The Balaban J connectivity index is 2.15. The Morgan fingerprint density at radius 1 is 1.53 bits per heavy atom. The number of aromatic nitrogens is 1. The lowest BCUT2D eigenvalue weighted by atomic mass is 10.3. The van der Waals surface area contributed by atoms with Gasteiger partial charge in [-0.15, -0.1) is 11.3 Å². The third kappa shape index (κ3) is 3.08. The van der Waals surface area contributed by atoms with Crippen molar-refractivity contribution in [1.82, 2.24) is 4.98 Å². The molecule has 0 N–H and O–H groups in total. The Kier molecular flexibility index (Phi) is 4.20. The fourth-order valence-electron chi connectivity index (χ4n) is 1.34. The number of fused-ring (bicyclic) bond motifs is 1. The van der Waals surface area contributed by atoms with Crippen molar-refractivity contribution in [3.05, 3.63) is 24.0 Å². The molecule has 0 aliphatic rings. The van der Waals surface area contributed by atoms with Crippen LogP contribution in [0, 0.1) is 5.82 Å². The molecule has 0 amide bonds. The maximum Gasteiger partial charge on any atom is 0.181 e. The molecule has 17 heavy (non-hydrogen) atoms. The summed E-state index contributed by atoms with van der Waals surface area (Å²) in [5.41, 5.74) is 0.565. The van der Waals surface area contributed by atoms with Gasteiger partial charge in [-0.2, -0.15) is 0 Å². The predicted octanol–water partition coefficient (Wildman–Crippen LogP) is 2.58. The first kappa shape index (κ1) is 12.6. The zero-order chi connectivity index (χ0) is 12.3. The fraction of sp³-hybridized carbons (Fsp3) is 0.364. The third-order valence-electron chi connectivity index (χ3n) is 2.14. The minimum atomic E-state index is -1.16. The second-order valence-electron chi connectivity index (χ2n) is 3.34. The number of halogens is 1. The SMILES string of the molecule is CCOCCS(=O)c1nc2cc(F)ccc2s1. The highest BCUT2D eigenvalue weighted by atomic mass is 32.2. The van der Waals surface area contributed by atoms with Gasteiger partial charge in [0.05, 0.1) is 33.4 Å². The molecule has 3 nitrogen and oxygen atoms in total. The molecule has 0 aliphatic heterocycles. The average Bonchev–Trinajstić information content (AvgIpc) is 2.72. The monoisotopic (exact) mass is 273 g/mol. The summed E-state index contributed by atoms with van der Waals surface area (Å²) in [6.07, 6.45) is 0. The van der Waals surface area contributed by atoms with Gasteiger partial charge in [-0.05, 0) is 19.1 Å². The van der Waals surface area contributed by atoms with E-state index in [0.29, 0.717) is 28.8 Å². The van der Waals surface area contributed by atoms with Crippen LogP contribution in [-0.4, -0.2) is 28.2 Å². The van der Waals surface area contributed by atoms with Crippen molar-refractivity contribution in [3.63, 3.8) is 0 Å². The first-order valence-corrected chi connectivity index (χ1v) is 7.36. The molecule has 1 atom stereocenters. The Morgan fingerprint density at radius 3 is 3.12 bits per heavy atom. The first-order valence-electron chi connectivity index (χ1n) is 5.23. The predicted molar refractivity (Wildman–Crippen MR) is 67.3 cm³/mol. The Bertz CT molecular complexity index is 541. The van der Waals surface area contributed by atoms with Crippen LogP contribution < -0.4 is 0 Å². The highest BCUT2D eigenvalue weighted by molar-refractivity contribution is 7.87. The van der Waals surface area contributed by atoms with E-state index in [9.17, 15) is 8.60 Å². The number of hydrogen-bond donors (Lipinski definition) is 0. The van der Waals surface area contributed by atoms with Gasteiger partial charge >= 0.3 is 0 Å². The Morgan fingerprint density at radius 2 is 2.35 bits per heavy atom. The minimum absolute atomic E-state index is 0.325. The molecule has 92 valence electrons. The van der Waals surface area contributed by atoms with Crippen molar-refractivity contribution in [2.45, 2.75) is 11.3 Å². The average molecular weight is 273 g/mol. The molecule has 0 bridgehead atoms. The van der Waals surface area contributed by atoms with Crippen LogP contribution in [0.5, 0.6) is 0 Å². The summed E-state index contributed by atoms with van der Waals surface area (Å²) in [7, 11) is -1.16. The molecular weight excluding hydrogens is 261 g/mol. The topological polar surface area (TPSA) is 39.2 Å². The summed E-state index contributed by atoms with van der Waals surface area (Å²) in [6, 6.07) is 4.40. The second-order valence-corrected chi connectivity index (χ2v) is 6.11. The Labute approximate surface area is 105 Å². The van der Waals surface area contributed by atoms with E-state index in [4.69, 9.17) is 4.74 Å². The lowest BCUT2D eigenvalue weighted by molar-refractivity contribution is 0.164. The van der Waals surface area contributed by atoms with E-state index in [0.717, 1.165) is 4.70 Å². The lowest BCUT2D eigenvalue weighted by Crippen LogP contribution is -2.05. The van der Waals surface area contributed by atoms with Gasteiger partial charge in [-0.1, -0.05) is 0 Å². The van der Waals surface area contributed by atoms with Crippen LogP contribution >= 0.6 is 11.3 Å². The van der Waals surface area contributed by atoms with Gasteiger partial charge in [0.15, 0.2) is 4.34 Å². The molecule has 0 saturated carbocycles. The summed E-state index contributed by atoms with van der Waals surface area (Å²) in [5, 5.41) is 0. The molecule has 0 saturated heterocycles. The Hall–Kier alpha value is -0.850. The van der Waals surface area contributed by atoms with E-state index in [1.807, 2.05) is 6.92 Å². The molecule has 0 aliphatic carbocycles. The van der Waals surface area contributed by atoms with Crippen molar-refractivity contribution < 1.29 is 13.3 Å². The van der Waals surface area contributed by atoms with E-state index in [2.05, 4.69) is 4.98 Å². The van der Waals surface area contributed by atoms with Crippen LogP contribution in [0.3, 0.4) is 0 Å². The molecule has 0 spiro atoms. The molecule has 6 heteroatoms. The normalized spacial score (nSPS) is 13.1. The second kappa shape index (κ2) is 5.66. The number of benzene rings is 1. The van der Waals surface area contributed by atoms with E-state index in [-0.39, 0.29) is 5.82 Å². The van der Waals surface area contributed by atoms with Gasteiger partial charge < -0.3 is 4.74 Å². The summed E-state index contributed by atoms with van der Waals surface area (Å²) < 4.78 is 31.4. The largest absolute Gasteiger partial charge is 0.381 e. The van der Waals surface area contributed by atoms with Gasteiger partial charge in [0, 0.05) is 12.7 Å². The highest BCUT2D eigenvalue weighted by Gasteiger charge is 2.11. The smallest absolute Gasteiger partial charge is 0.181 e. The number of rotatable bonds is 5. The molecule has 0 fully saturated rings. The van der Waals surface area contributed by atoms with Gasteiger partial charge in [0.1, 0.15) is 5.82 Å². The zero-order valence-corrected chi connectivity index (χ0v) is 10.9. The van der Waals surface area contributed by atoms with E-state index in [1.165, 1.54) is 23.5 Å². The molecule has 1 unspecified atom stereocenters. The summed E-state index contributed by atoms with van der Waals surface area (Å²) in [6.45, 7) is 2.96. The quantitative estimate of drug-likeness (QED) is 0.786. The number of thiazole rings is 1. The summed E-state index contributed by atoms with van der Waals surface area (Å²) in [4.78, 5) is 4.18. The van der Waals surface area contributed by atoms with Gasteiger partial charge in [-0.3, -0.25) is 4.21 Å². The first-order chi connectivity index (χ1) is 8.20. The number of hydrogen-bond acceptors (Lipinski definition) is 4.